The van der Waals surface area contributed by atoms with Crippen LogP contribution in [0.5, 0.6) is 0 Å². The molecule has 1 heterocycles. The Morgan fingerprint density at radius 2 is 1.93 bits per heavy atom. The third kappa shape index (κ3) is 4.54. The minimum atomic E-state index is -0.239. The second-order valence-electron chi connectivity index (χ2n) is 7.74. The first-order valence-electron chi connectivity index (χ1n) is 9.93. The Bertz CT molecular complexity index is 797. The van der Waals surface area contributed by atoms with Crippen molar-refractivity contribution in [3.63, 3.8) is 0 Å². The van der Waals surface area contributed by atoms with E-state index < -0.39 is 0 Å². The maximum Gasteiger partial charge on any atom is 0.237 e. The molecule has 0 spiro atoms. The van der Waals surface area contributed by atoms with Gasteiger partial charge in [0.25, 0.3) is 0 Å². The van der Waals surface area contributed by atoms with Crippen molar-refractivity contribution in [2.75, 3.05) is 5.32 Å². The molecule has 5 nitrogen and oxygen atoms in total. The van der Waals surface area contributed by atoms with Crippen LogP contribution in [0, 0.1) is 0 Å². The first-order valence-corrected chi connectivity index (χ1v) is 10.8. The SMILES string of the molecule is CCC(C)c1ccccc1NC(=O)C(C)Sc1nnc(C(C)C)n1C1CC1. The van der Waals surface area contributed by atoms with Crippen LogP contribution in [0.3, 0.4) is 0 Å². The molecule has 0 saturated heterocycles. The van der Waals surface area contributed by atoms with Gasteiger partial charge in [0.05, 0.1) is 5.25 Å². The highest BCUT2D eigenvalue weighted by Crippen LogP contribution is 2.41. The van der Waals surface area contributed by atoms with Gasteiger partial charge in [-0.1, -0.05) is 57.7 Å². The van der Waals surface area contributed by atoms with Crippen LogP contribution in [0.4, 0.5) is 5.69 Å². The number of hydrogen-bond acceptors (Lipinski definition) is 4. The van der Waals surface area contributed by atoms with Crippen molar-refractivity contribution in [1.82, 2.24) is 14.8 Å². The fourth-order valence-electron chi connectivity index (χ4n) is 3.14. The molecule has 27 heavy (non-hydrogen) atoms. The van der Waals surface area contributed by atoms with E-state index in [1.165, 1.54) is 30.2 Å². The molecule has 2 unspecified atom stereocenters. The van der Waals surface area contributed by atoms with E-state index in [1.807, 2.05) is 25.1 Å². The van der Waals surface area contributed by atoms with E-state index in [1.54, 1.807) is 0 Å². The summed E-state index contributed by atoms with van der Waals surface area (Å²) in [6, 6.07) is 8.58. The Kier molecular flexibility index (Phi) is 6.25. The van der Waals surface area contributed by atoms with Gasteiger partial charge >= 0.3 is 0 Å². The lowest BCUT2D eigenvalue weighted by Gasteiger charge is -2.18. The van der Waals surface area contributed by atoms with Crippen LogP contribution in [0.2, 0.25) is 0 Å². The van der Waals surface area contributed by atoms with Gasteiger partial charge in [-0.05, 0) is 43.7 Å². The maximum atomic E-state index is 12.8. The normalized spacial score (nSPS) is 16.4. The zero-order valence-corrected chi connectivity index (χ0v) is 17.7. The number of carbonyl (C=O) groups excluding carboxylic acids is 1. The van der Waals surface area contributed by atoms with Crippen molar-refractivity contribution >= 4 is 23.4 Å². The van der Waals surface area contributed by atoms with E-state index in [0.717, 1.165) is 23.1 Å². The second kappa shape index (κ2) is 8.46. The van der Waals surface area contributed by atoms with Crippen molar-refractivity contribution in [3.8, 4) is 0 Å². The molecular formula is C21H30N4OS. The number of anilines is 1. The molecular weight excluding hydrogens is 356 g/mol. The standard InChI is InChI=1S/C21H30N4OS/c1-6-14(4)17-9-7-8-10-18(17)22-20(26)15(5)27-21-24-23-19(13(2)3)25(21)16-11-12-16/h7-10,13-16H,6,11-12H2,1-5H3,(H,22,26). The monoisotopic (exact) mass is 386 g/mol. The Morgan fingerprint density at radius 3 is 2.56 bits per heavy atom. The summed E-state index contributed by atoms with van der Waals surface area (Å²) in [4.78, 5) is 12.8. The summed E-state index contributed by atoms with van der Waals surface area (Å²) in [5.74, 6) is 1.77. The first kappa shape index (κ1) is 19.9. The lowest BCUT2D eigenvalue weighted by Crippen LogP contribution is -2.24. The third-order valence-corrected chi connectivity index (χ3v) is 6.19. The number of amides is 1. The Labute approximate surface area is 166 Å². The third-order valence-electron chi connectivity index (χ3n) is 5.13. The van der Waals surface area contributed by atoms with Gasteiger partial charge in [-0.2, -0.15) is 0 Å². The summed E-state index contributed by atoms with van der Waals surface area (Å²) >= 11 is 1.50. The number of hydrogen-bond donors (Lipinski definition) is 1. The number of para-hydroxylation sites is 1. The number of rotatable bonds is 8. The molecule has 146 valence electrons. The van der Waals surface area contributed by atoms with E-state index in [0.29, 0.717) is 17.9 Å². The van der Waals surface area contributed by atoms with Crippen LogP contribution in [0.25, 0.3) is 0 Å². The molecule has 0 aliphatic heterocycles. The van der Waals surface area contributed by atoms with Crippen LogP contribution in [0.15, 0.2) is 29.4 Å². The van der Waals surface area contributed by atoms with Gasteiger partial charge in [0.1, 0.15) is 5.82 Å². The highest BCUT2D eigenvalue weighted by atomic mass is 32.2. The molecule has 3 rings (SSSR count). The molecule has 2 atom stereocenters. The van der Waals surface area contributed by atoms with Crippen LogP contribution >= 0.6 is 11.8 Å². The number of carbonyl (C=O) groups is 1. The number of nitrogens with zero attached hydrogens (tertiary/aromatic N) is 3. The smallest absolute Gasteiger partial charge is 0.237 e. The number of thioether (sulfide) groups is 1. The molecule has 1 aromatic heterocycles. The number of benzene rings is 1. The van der Waals surface area contributed by atoms with E-state index in [2.05, 4.69) is 53.8 Å². The molecule has 1 aliphatic carbocycles. The zero-order valence-electron chi connectivity index (χ0n) is 16.9. The van der Waals surface area contributed by atoms with Gasteiger partial charge in [0.2, 0.25) is 5.91 Å². The molecule has 2 aromatic rings. The fourth-order valence-corrected chi connectivity index (χ4v) is 4.07. The molecule has 1 fully saturated rings. The highest BCUT2D eigenvalue weighted by Gasteiger charge is 2.31. The molecule has 1 aliphatic rings. The van der Waals surface area contributed by atoms with Crippen LogP contribution in [-0.4, -0.2) is 25.9 Å². The van der Waals surface area contributed by atoms with Gasteiger partial charge in [-0.25, -0.2) is 0 Å². The van der Waals surface area contributed by atoms with Crippen molar-refractivity contribution < 1.29 is 4.79 Å². The van der Waals surface area contributed by atoms with Gasteiger partial charge in [-0.15, -0.1) is 10.2 Å². The topological polar surface area (TPSA) is 59.8 Å². The van der Waals surface area contributed by atoms with Crippen molar-refractivity contribution in [1.29, 1.82) is 0 Å². The van der Waals surface area contributed by atoms with Crippen molar-refractivity contribution in [3.05, 3.63) is 35.7 Å². The van der Waals surface area contributed by atoms with Crippen LogP contribution in [0.1, 0.15) is 83.1 Å². The van der Waals surface area contributed by atoms with E-state index in [4.69, 9.17) is 0 Å². The molecule has 6 heteroatoms. The maximum absolute atomic E-state index is 12.8. The largest absolute Gasteiger partial charge is 0.325 e. The van der Waals surface area contributed by atoms with Gasteiger partial charge in [0.15, 0.2) is 5.16 Å². The average molecular weight is 387 g/mol. The van der Waals surface area contributed by atoms with Gasteiger partial charge in [0, 0.05) is 17.6 Å². The number of aromatic nitrogens is 3. The van der Waals surface area contributed by atoms with E-state index in [-0.39, 0.29) is 11.2 Å². The minimum absolute atomic E-state index is 0.00666. The zero-order chi connectivity index (χ0) is 19.6. The molecule has 1 aromatic carbocycles. The predicted octanol–water partition coefficient (Wildman–Crippen LogP) is 5.37. The Hall–Kier alpha value is -1.82. The van der Waals surface area contributed by atoms with Crippen molar-refractivity contribution in [2.24, 2.45) is 0 Å². The van der Waals surface area contributed by atoms with Gasteiger partial charge in [-0.3, -0.25) is 4.79 Å². The fraction of sp³-hybridized carbons (Fsp3) is 0.571. The van der Waals surface area contributed by atoms with E-state index >= 15 is 0 Å². The molecule has 1 amide bonds. The Balaban J connectivity index is 1.73. The number of nitrogens with one attached hydrogen (secondary N) is 1. The van der Waals surface area contributed by atoms with Crippen LogP contribution in [-0.2, 0) is 4.79 Å². The van der Waals surface area contributed by atoms with Crippen molar-refractivity contribution in [2.45, 2.75) is 82.2 Å². The first-order chi connectivity index (χ1) is 12.9. The quantitative estimate of drug-likeness (QED) is 0.620. The van der Waals surface area contributed by atoms with Crippen LogP contribution < -0.4 is 5.32 Å². The summed E-state index contributed by atoms with van der Waals surface area (Å²) in [5, 5.41) is 12.5. The van der Waals surface area contributed by atoms with Gasteiger partial charge < -0.3 is 9.88 Å². The molecule has 1 saturated carbocycles. The average Bonchev–Trinajstić information content (AvgIpc) is 3.41. The predicted molar refractivity (Wildman–Crippen MR) is 111 cm³/mol. The lowest BCUT2D eigenvalue weighted by molar-refractivity contribution is -0.115. The second-order valence-corrected chi connectivity index (χ2v) is 9.05. The summed E-state index contributed by atoms with van der Waals surface area (Å²) in [7, 11) is 0. The molecule has 1 N–H and O–H groups in total. The lowest BCUT2D eigenvalue weighted by atomic mass is 9.97. The highest BCUT2D eigenvalue weighted by molar-refractivity contribution is 8.00. The molecule has 0 bridgehead atoms. The summed E-state index contributed by atoms with van der Waals surface area (Å²) in [6.45, 7) is 10.6. The minimum Gasteiger partial charge on any atom is -0.325 e. The summed E-state index contributed by atoms with van der Waals surface area (Å²) in [5.41, 5.74) is 2.10. The summed E-state index contributed by atoms with van der Waals surface area (Å²) in [6.07, 6.45) is 3.39. The molecule has 0 radical (unpaired) electrons. The van der Waals surface area contributed by atoms with E-state index in [9.17, 15) is 4.79 Å². The Morgan fingerprint density at radius 1 is 1.22 bits per heavy atom. The summed E-state index contributed by atoms with van der Waals surface area (Å²) < 4.78 is 2.24.